The number of amides is 1. The van der Waals surface area contributed by atoms with Crippen LogP contribution in [0, 0.1) is 10.1 Å². The van der Waals surface area contributed by atoms with E-state index in [2.05, 4.69) is 10.5 Å². The predicted octanol–water partition coefficient (Wildman–Crippen LogP) is 3.29. The molecule has 0 atom stereocenters. The highest BCUT2D eigenvalue weighted by atomic mass is 16.6. The van der Waals surface area contributed by atoms with E-state index in [1.807, 2.05) is 0 Å². The maximum absolute atomic E-state index is 12.3. The van der Waals surface area contributed by atoms with Gasteiger partial charge in [-0.2, -0.15) is 5.10 Å². The Hall–Kier alpha value is -4.73. The average molecular weight is 435 g/mol. The summed E-state index contributed by atoms with van der Waals surface area (Å²) in [5, 5.41) is 24.6. The molecule has 0 aliphatic carbocycles. The third kappa shape index (κ3) is 5.45. The van der Waals surface area contributed by atoms with Crippen molar-refractivity contribution < 1.29 is 29.1 Å². The molecule has 2 N–H and O–H groups in total. The maximum atomic E-state index is 12.3. The molecule has 0 radical (unpaired) electrons. The molecule has 32 heavy (non-hydrogen) atoms. The van der Waals surface area contributed by atoms with E-state index in [9.17, 15) is 24.8 Å². The molecule has 0 fully saturated rings. The van der Waals surface area contributed by atoms with Crippen LogP contribution in [0.5, 0.6) is 17.2 Å². The number of hydrogen-bond donors (Lipinski definition) is 2. The van der Waals surface area contributed by atoms with Crippen molar-refractivity contribution in [3.63, 3.8) is 0 Å². The minimum Gasteiger partial charge on any atom is -0.508 e. The lowest BCUT2D eigenvalue weighted by Gasteiger charge is -2.06. The zero-order chi connectivity index (χ0) is 23.1. The molecule has 10 heteroatoms. The molecule has 3 rings (SSSR count). The van der Waals surface area contributed by atoms with Gasteiger partial charge in [-0.3, -0.25) is 14.9 Å². The van der Waals surface area contributed by atoms with E-state index < -0.39 is 22.5 Å². The lowest BCUT2D eigenvalue weighted by atomic mass is 10.2. The number of esters is 1. The highest BCUT2D eigenvalue weighted by molar-refractivity contribution is 5.95. The summed E-state index contributed by atoms with van der Waals surface area (Å²) in [4.78, 5) is 35.0. The van der Waals surface area contributed by atoms with Crippen LogP contribution in [0.25, 0.3) is 0 Å². The van der Waals surface area contributed by atoms with Gasteiger partial charge < -0.3 is 14.6 Å². The summed E-state index contributed by atoms with van der Waals surface area (Å²) in [7, 11) is 1.49. The molecule has 0 saturated carbocycles. The van der Waals surface area contributed by atoms with Gasteiger partial charge in [0.05, 0.1) is 23.8 Å². The normalized spacial score (nSPS) is 10.5. The molecule has 0 saturated heterocycles. The fourth-order valence-electron chi connectivity index (χ4n) is 2.61. The molecule has 0 aliphatic rings. The number of aromatic hydroxyl groups is 1. The van der Waals surface area contributed by atoms with Crippen LogP contribution in [0.3, 0.4) is 0 Å². The van der Waals surface area contributed by atoms with Gasteiger partial charge in [-0.1, -0.05) is 6.07 Å². The Bertz CT molecular complexity index is 1190. The van der Waals surface area contributed by atoms with Crippen molar-refractivity contribution in [2.24, 2.45) is 5.10 Å². The Kier molecular flexibility index (Phi) is 6.76. The first-order valence-corrected chi connectivity index (χ1v) is 9.14. The minimum absolute atomic E-state index is 0.0722. The second-order valence-corrected chi connectivity index (χ2v) is 6.35. The molecular formula is C22H17N3O7. The van der Waals surface area contributed by atoms with E-state index in [1.165, 1.54) is 61.9 Å². The van der Waals surface area contributed by atoms with Gasteiger partial charge in [-0.25, -0.2) is 10.2 Å². The highest BCUT2D eigenvalue weighted by Gasteiger charge is 2.19. The van der Waals surface area contributed by atoms with Crippen LogP contribution in [0.15, 0.2) is 71.8 Å². The summed E-state index contributed by atoms with van der Waals surface area (Å²) in [6, 6.07) is 15.6. The summed E-state index contributed by atoms with van der Waals surface area (Å²) in [6.07, 6.45) is 1.20. The smallest absolute Gasteiger partial charge is 0.343 e. The molecule has 0 unspecified atom stereocenters. The van der Waals surface area contributed by atoms with Gasteiger partial charge in [0.25, 0.3) is 5.91 Å². The Morgan fingerprint density at radius 2 is 1.81 bits per heavy atom. The van der Waals surface area contributed by atoms with Gasteiger partial charge in [0, 0.05) is 17.2 Å². The average Bonchev–Trinajstić information content (AvgIpc) is 2.79. The highest BCUT2D eigenvalue weighted by Crippen LogP contribution is 2.28. The zero-order valence-electron chi connectivity index (χ0n) is 16.7. The number of nitrogens with zero attached hydrogens (tertiary/aromatic N) is 2. The van der Waals surface area contributed by atoms with Gasteiger partial charge in [0.15, 0.2) is 0 Å². The zero-order valence-corrected chi connectivity index (χ0v) is 16.7. The van der Waals surface area contributed by atoms with Crippen LogP contribution in [-0.4, -0.2) is 35.2 Å². The van der Waals surface area contributed by atoms with Crippen LogP contribution >= 0.6 is 0 Å². The second kappa shape index (κ2) is 9.85. The van der Waals surface area contributed by atoms with E-state index in [-0.39, 0.29) is 28.2 Å². The van der Waals surface area contributed by atoms with Gasteiger partial charge in [-0.05, 0) is 54.6 Å². The number of benzene rings is 3. The fraction of sp³-hybridized carbons (Fsp3) is 0.0455. The maximum Gasteiger partial charge on any atom is 0.343 e. The summed E-state index contributed by atoms with van der Waals surface area (Å²) in [5.41, 5.74) is 2.48. The van der Waals surface area contributed by atoms with E-state index in [0.717, 1.165) is 6.07 Å². The fourth-order valence-corrected chi connectivity index (χ4v) is 2.61. The number of hydrazone groups is 1. The number of nitro groups is 1. The van der Waals surface area contributed by atoms with Crippen LogP contribution in [-0.2, 0) is 0 Å². The molecular weight excluding hydrogens is 418 g/mol. The summed E-state index contributed by atoms with van der Waals surface area (Å²) in [6.45, 7) is 0. The van der Waals surface area contributed by atoms with Crippen LogP contribution in [0.2, 0.25) is 0 Å². The quantitative estimate of drug-likeness (QED) is 0.191. The number of nitro benzene ring substituents is 1. The molecule has 1 amide bonds. The second-order valence-electron chi connectivity index (χ2n) is 6.35. The Labute approximate surface area is 181 Å². The van der Waals surface area contributed by atoms with Crippen molar-refractivity contribution in [1.29, 1.82) is 0 Å². The van der Waals surface area contributed by atoms with Gasteiger partial charge in [-0.15, -0.1) is 0 Å². The summed E-state index contributed by atoms with van der Waals surface area (Å²) >= 11 is 0. The van der Waals surface area contributed by atoms with E-state index in [4.69, 9.17) is 9.47 Å². The topological polar surface area (TPSA) is 140 Å². The largest absolute Gasteiger partial charge is 0.508 e. The van der Waals surface area contributed by atoms with Gasteiger partial charge >= 0.3 is 11.7 Å². The molecule has 0 aromatic heterocycles. The van der Waals surface area contributed by atoms with Crippen molar-refractivity contribution >= 4 is 23.8 Å². The molecule has 0 bridgehead atoms. The monoisotopic (exact) mass is 435 g/mol. The number of methoxy groups -OCH3 is 1. The number of phenols is 1. The number of phenolic OH excluding ortho intramolecular Hbond substituents is 1. The van der Waals surface area contributed by atoms with Gasteiger partial charge in [0.2, 0.25) is 5.75 Å². The first-order valence-electron chi connectivity index (χ1n) is 9.14. The lowest BCUT2D eigenvalue weighted by molar-refractivity contribution is -0.385. The van der Waals surface area contributed by atoms with E-state index in [1.54, 1.807) is 12.1 Å². The first kappa shape index (κ1) is 22.0. The summed E-state index contributed by atoms with van der Waals surface area (Å²) < 4.78 is 10.2. The number of hydrogen-bond acceptors (Lipinski definition) is 8. The Balaban J connectivity index is 1.72. The third-order valence-corrected chi connectivity index (χ3v) is 4.20. The van der Waals surface area contributed by atoms with Crippen molar-refractivity contribution in [3.8, 4) is 17.2 Å². The minimum atomic E-state index is -0.768. The molecule has 0 aliphatic heterocycles. The van der Waals surface area contributed by atoms with E-state index >= 15 is 0 Å². The van der Waals surface area contributed by atoms with Crippen molar-refractivity contribution in [2.75, 3.05) is 7.11 Å². The number of carbonyl (C=O) groups is 2. The predicted molar refractivity (Wildman–Crippen MR) is 114 cm³/mol. The molecule has 0 heterocycles. The lowest BCUT2D eigenvalue weighted by Crippen LogP contribution is -2.17. The molecule has 0 spiro atoms. The molecule has 10 nitrogen and oxygen atoms in total. The number of carbonyl (C=O) groups excluding carboxylic acids is 2. The first-order chi connectivity index (χ1) is 15.4. The Morgan fingerprint density at radius 3 is 2.47 bits per heavy atom. The van der Waals surface area contributed by atoms with Crippen LogP contribution in [0.4, 0.5) is 5.69 Å². The molecule has 3 aromatic carbocycles. The van der Waals surface area contributed by atoms with Crippen molar-refractivity contribution in [3.05, 3.63) is 93.5 Å². The van der Waals surface area contributed by atoms with Gasteiger partial charge in [0.1, 0.15) is 11.5 Å². The Morgan fingerprint density at radius 1 is 1.06 bits per heavy atom. The third-order valence-electron chi connectivity index (χ3n) is 4.20. The molecule has 3 aromatic rings. The summed E-state index contributed by atoms with van der Waals surface area (Å²) in [5.74, 6) is -1.10. The van der Waals surface area contributed by atoms with Crippen molar-refractivity contribution in [2.45, 2.75) is 0 Å². The van der Waals surface area contributed by atoms with Crippen LogP contribution in [0.1, 0.15) is 26.3 Å². The van der Waals surface area contributed by atoms with Crippen LogP contribution < -0.4 is 14.9 Å². The van der Waals surface area contributed by atoms with Crippen molar-refractivity contribution in [1.82, 2.24) is 5.43 Å². The van der Waals surface area contributed by atoms with E-state index in [0.29, 0.717) is 5.75 Å². The standard InChI is InChI=1S/C22H17N3O7/c1-31-18-8-6-15(7-9-18)22(28)32-20-10-5-14(11-19(20)25(29)30)13-23-24-21(27)16-3-2-4-17(26)12-16/h2-13,26H,1H3,(H,24,27)/b23-13-. The number of nitrogens with one attached hydrogen (secondary N) is 1. The SMILES string of the molecule is COc1ccc(C(=O)Oc2ccc(/C=N\NC(=O)c3cccc(O)c3)cc2[N+](=O)[O-])cc1. The number of rotatable bonds is 7. The molecule has 162 valence electrons. The number of ether oxygens (including phenoxy) is 2.